The number of nitrogens with zero attached hydrogens (tertiary/aromatic N) is 1. The molecular weight excluding hydrogens is 240 g/mol. The molecule has 92 valence electrons. The lowest BCUT2D eigenvalue weighted by molar-refractivity contribution is -0.117. The van der Waals surface area contributed by atoms with E-state index in [4.69, 9.17) is 0 Å². The number of hydrogen-bond acceptors (Lipinski definition) is 5. The molecule has 0 saturated heterocycles. The lowest BCUT2D eigenvalue weighted by Gasteiger charge is -2.16. The van der Waals surface area contributed by atoms with Crippen LogP contribution < -0.4 is 5.32 Å². The van der Waals surface area contributed by atoms with Gasteiger partial charge in [0.15, 0.2) is 0 Å². The SMILES string of the molecule is COC(=O)c1ccc(NC(=O)C(C)(C)S)cn1. The molecule has 0 spiro atoms. The predicted molar refractivity (Wildman–Crippen MR) is 67.3 cm³/mol. The van der Waals surface area contributed by atoms with Crippen molar-refractivity contribution in [3.8, 4) is 0 Å². The first-order chi connectivity index (χ1) is 7.84. The Hall–Kier alpha value is -1.56. The fourth-order valence-electron chi connectivity index (χ4n) is 0.977. The number of carbonyl (C=O) groups excluding carboxylic acids is 2. The topological polar surface area (TPSA) is 68.3 Å². The second kappa shape index (κ2) is 5.18. The van der Waals surface area contributed by atoms with E-state index in [1.165, 1.54) is 19.4 Å². The predicted octanol–water partition coefficient (Wildman–Crippen LogP) is 1.52. The summed E-state index contributed by atoms with van der Waals surface area (Å²) in [7, 11) is 1.28. The minimum atomic E-state index is -0.777. The summed E-state index contributed by atoms with van der Waals surface area (Å²) in [5.74, 6) is -0.758. The first-order valence-corrected chi connectivity index (χ1v) is 5.37. The molecule has 1 heterocycles. The molecule has 5 nitrogen and oxygen atoms in total. The number of amides is 1. The first kappa shape index (κ1) is 13.5. The van der Waals surface area contributed by atoms with Crippen molar-refractivity contribution in [2.45, 2.75) is 18.6 Å². The molecule has 1 N–H and O–H groups in total. The summed E-state index contributed by atoms with van der Waals surface area (Å²) in [6, 6.07) is 3.06. The number of thiol groups is 1. The molecule has 0 fully saturated rings. The van der Waals surface area contributed by atoms with Crippen LogP contribution >= 0.6 is 12.6 Å². The molecule has 1 rings (SSSR count). The number of methoxy groups -OCH3 is 1. The molecule has 1 aromatic rings. The number of pyridine rings is 1. The lowest BCUT2D eigenvalue weighted by Crippen LogP contribution is -2.31. The van der Waals surface area contributed by atoms with E-state index >= 15 is 0 Å². The van der Waals surface area contributed by atoms with Gasteiger partial charge in [0.25, 0.3) is 0 Å². The van der Waals surface area contributed by atoms with Crippen LogP contribution in [-0.4, -0.2) is 28.7 Å². The smallest absolute Gasteiger partial charge is 0.356 e. The molecule has 6 heteroatoms. The van der Waals surface area contributed by atoms with Crippen LogP contribution in [0, 0.1) is 0 Å². The van der Waals surface area contributed by atoms with E-state index in [-0.39, 0.29) is 11.6 Å². The largest absolute Gasteiger partial charge is 0.464 e. The van der Waals surface area contributed by atoms with Crippen molar-refractivity contribution in [1.82, 2.24) is 4.98 Å². The molecule has 0 saturated carbocycles. The monoisotopic (exact) mass is 254 g/mol. The Morgan fingerprint density at radius 1 is 1.41 bits per heavy atom. The number of ether oxygens (including phenoxy) is 1. The number of hydrogen-bond donors (Lipinski definition) is 2. The summed E-state index contributed by atoms with van der Waals surface area (Å²) in [6.07, 6.45) is 1.39. The zero-order valence-corrected chi connectivity index (χ0v) is 10.7. The Labute approximate surface area is 105 Å². The van der Waals surface area contributed by atoms with Crippen molar-refractivity contribution in [1.29, 1.82) is 0 Å². The Bertz CT molecular complexity index is 423. The van der Waals surface area contributed by atoms with Gasteiger partial charge in [0, 0.05) is 0 Å². The maximum absolute atomic E-state index is 11.6. The van der Waals surface area contributed by atoms with Crippen molar-refractivity contribution in [3.63, 3.8) is 0 Å². The van der Waals surface area contributed by atoms with Gasteiger partial charge in [0.1, 0.15) is 5.69 Å². The molecular formula is C11H14N2O3S. The van der Waals surface area contributed by atoms with Gasteiger partial charge in [-0.15, -0.1) is 0 Å². The number of esters is 1. The summed E-state index contributed by atoms with van der Waals surface area (Å²) < 4.78 is 3.73. The lowest BCUT2D eigenvalue weighted by atomic mass is 10.2. The summed E-state index contributed by atoms with van der Waals surface area (Å²) in [6.45, 7) is 3.36. The van der Waals surface area contributed by atoms with E-state index in [1.807, 2.05) is 0 Å². The minimum Gasteiger partial charge on any atom is -0.464 e. The van der Waals surface area contributed by atoms with Crippen LogP contribution in [-0.2, 0) is 9.53 Å². The second-order valence-electron chi connectivity index (χ2n) is 3.94. The molecule has 1 aromatic heterocycles. The summed E-state index contributed by atoms with van der Waals surface area (Å²) in [4.78, 5) is 26.6. The molecule has 0 aromatic carbocycles. The first-order valence-electron chi connectivity index (χ1n) is 4.93. The highest BCUT2D eigenvalue weighted by Crippen LogP contribution is 2.15. The zero-order valence-electron chi connectivity index (χ0n) is 9.85. The second-order valence-corrected chi connectivity index (χ2v) is 5.05. The molecule has 17 heavy (non-hydrogen) atoms. The highest BCUT2D eigenvalue weighted by molar-refractivity contribution is 7.82. The number of nitrogens with one attached hydrogen (secondary N) is 1. The van der Waals surface area contributed by atoms with E-state index in [0.29, 0.717) is 5.69 Å². The van der Waals surface area contributed by atoms with Gasteiger partial charge in [-0.2, -0.15) is 12.6 Å². The van der Waals surface area contributed by atoms with E-state index < -0.39 is 10.7 Å². The highest BCUT2D eigenvalue weighted by atomic mass is 32.1. The maximum atomic E-state index is 11.6. The maximum Gasteiger partial charge on any atom is 0.356 e. The van der Waals surface area contributed by atoms with Crippen LogP contribution in [0.25, 0.3) is 0 Å². The van der Waals surface area contributed by atoms with Gasteiger partial charge in [-0.3, -0.25) is 4.79 Å². The molecule has 0 aliphatic rings. The third kappa shape index (κ3) is 3.74. The van der Waals surface area contributed by atoms with Crippen molar-refractivity contribution >= 4 is 30.2 Å². The van der Waals surface area contributed by atoms with Crippen LogP contribution in [0.4, 0.5) is 5.69 Å². The Kier molecular flexibility index (Phi) is 4.11. The van der Waals surface area contributed by atoms with Crippen molar-refractivity contribution in [2.24, 2.45) is 0 Å². The Morgan fingerprint density at radius 2 is 2.06 bits per heavy atom. The molecule has 0 unspecified atom stereocenters. The minimum absolute atomic E-state index is 0.190. The standard InChI is InChI=1S/C11H14N2O3S/c1-11(2,17)10(15)13-7-4-5-8(12-6-7)9(14)16-3/h4-6,17H,1-3H3,(H,13,15). The van der Waals surface area contributed by atoms with Gasteiger partial charge in [-0.05, 0) is 26.0 Å². The van der Waals surface area contributed by atoms with Gasteiger partial charge < -0.3 is 10.1 Å². The number of aromatic nitrogens is 1. The average molecular weight is 254 g/mol. The third-order valence-corrected chi connectivity index (χ3v) is 2.17. The van der Waals surface area contributed by atoms with Gasteiger partial charge in [-0.1, -0.05) is 0 Å². The van der Waals surface area contributed by atoms with Crippen LogP contribution in [0.2, 0.25) is 0 Å². The highest BCUT2D eigenvalue weighted by Gasteiger charge is 2.22. The average Bonchev–Trinajstić information content (AvgIpc) is 2.27. The summed E-state index contributed by atoms with van der Waals surface area (Å²) in [5, 5.41) is 2.64. The van der Waals surface area contributed by atoms with Crippen LogP contribution in [0.1, 0.15) is 24.3 Å². The van der Waals surface area contributed by atoms with Crippen LogP contribution in [0.15, 0.2) is 18.3 Å². The normalized spacial score (nSPS) is 10.8. The van der Waals surface area contributed by atoms with Gasteiger partial charge in [-0.25, -0.2) is 9.78 Å². The van der Waals surface area contributed by atoms with Crippen molar-refractivity contribution in [3.05, 3.63) is 24.0 Å². The quantitative estimate of drug-likeness (QED) is 0.634. The Morgan fingerprint density at radius 3 is 2.47 bits per heavy atom. The van der Waals surface area contributed by atoms with Gasteiger partial charge in [0.2, 0.25) is 5.91 Å². The molecule has 0 aliphatic carbocycles. The Balaban J connectivity index is 2.76. The summed E-state index contributed by atoms with van der Waals surface area (Å²) in [5.41, 5.74) is 0.695. The summed E-state index contributed by atoms with van der Waals surface area (Å²) >= 11 is 4.14. The zero-order chi connectivity index (χ0) is 13.1. The third-order valence-electron chi connectivity index (χ3n) is 1.97. The van der Waals surface area contributed by atoms with Crippen LogP contribution in [0.3, 0.4) is 0 Å². The molecule has 0 radical (unpaired) electrons. The van der Waals surface area contributed by atoms with Crippen LogP contribution in [0.5, 0.6) is 0 Å². The number of rotatable bonds is 3. The molecule has 0 aliphatic heterocycles. The van der Waals surface area contributed by atoms with Crippen molar-refractivity contribution in [2.75, 3.05) is 12.4 Å². The van der Waals surface area contributed by atoms with E-state index in [0.717, 1.165) is 0 Å². The van der Waals surface area contributed by atoms with Gasteiger partial charge in [0.05, 0.1) is 23.7 Å². The van der Waals surface area contributed by atoms with E-state index in [1.54, 1.807) is 19.9 Å². The number of anilines is 1. The van der Waals surface area contributed by atoms with E-state index in [2.05, 4.69) is 27.7 Å². The van der Waals surface area contributed by atoms with Gasteiger partial charge >= 0.3 is 5.97 Å². The van der Waals surface area contributed by atoms with Crippen molar-refractivity contribution < 1.29 is 14.3 Å². The molecule has 0 atom stereocenters. The molecule has 1 amide bonds. The molecule has 0 bridgehead atoms. The number of carbonyl (C=O) groups is 2. The van der Waals surface area contributed by atoms with E-state index in [9.17, 15) is 9.59 Å². The fraction of sp³-hybridized carbons (Fsp3) is 0.364. The fourth-order valence-corrected chi connectivity index (χ4v) is 1.03.